The first kappa shape index (κ1) is 28.2. The summed E-state index contributed by atoms with van der Waals surface area (Å²) in [5.41, 5.74) is 0.436. The molecule has 2 amide bonds. The monoisotopic (exact) mass is 535 g/mol. The average molecular weight is 536 g/mol. The van der Waals surface area contributed by atoms with Crippen molar-refractivity contribution in [2.24, 2.45) is 5.92 Å². The number of halogens is 1. The summed E-state index contributed by atoms with van der Waals surface area (Å²) >= 11 is 0. The zero-order valence-corrected chi connectivity index (χ0v) is 22.4. The standard InChI is InChI=1S/C26H34FN3O6S/c1-5-37(33,34)30(21-10-11-23-24(14-21)36-13-12-35-23)17-25(31)29(16-20-8-6-7-9-22(20)27)19(4)26(32)28-15-18(2)3/h6-11,14,18-19H,5,12-13,15-17H2,1-4H3,(H,28,32). The van der Waals surface area contributed by atoms with E-state index in [-0.39, 0.29) is 29.5 Å². The van der Waals surface area contributed by atoms with E-state index in [9.17, 15) is 22.4 Å². The van der Waals surface area contributed by atoms with Gasteiger partial charge in [-0.3, -0.25) is 13.9 Å². The van der Waals surface area contributed by atoms with E-state index in [0.717, 1.165) is 4.31 Å². The molecule has 9 nitrogen and oxygen atoms in total. The van der Waals surface area contributed by atoms with Gasteiger partial charge in [0.25, 0.3) is 0 Å². The molecule has 1 N–H and O–H groups in total. The molecule has 37 heavy (non-hydrogen) atoms. The number of hydrogen-bond acceptors (Lipinski definition) is 6. The fraction of sp³-hybridized carbons (Fsp3) is 0.462. The Hall–Kier alpha value is -3.34. The molecule has 3 rings (SSSR count). The summed E-state index contributed by atoms with van der Waals surface area (Å²) in [4.78, 5) is 27.7. The van der Waals surface area contributed by atoms with Crippen LogP contribution in [0.1, 0.15) is 33.3 Å². The Labute approximate surface area is 217 Å². The molecule has 1 atom stereocenters. The van der Waals surface area contributed by atoms with Gasteiger partial charge in [0.15, 0.2) is 11.5 Å². The summed E-state index contributed by atoms with van der Waals surface area (Å²) in [7, 11) is -3.90. The van der Waals surface area contributed by atoms with Gasteiger partial charge >= 0.3 is 0 Å². The molecule has 0 aromatic heterocycles. The van der Waals surface area contributed by atoms with Crippen molar-refractivity contribution in [3.63, 3.8) is 0 Å². The number of rotatable bonds is 11. The van der Waals surface area contributed by atoms with E-state index >= 15 is 0 Å². The molecule has 0 fully saturated rings. The molecule has 0 saturated carbocycles. The molecule has 1 aliphatic rings. The lowest BCUT2D eigenvalue weighted by molar-refractivity contribution is -0.139. The number of benzene rings is 2. The van der Waals surface area contributed by atoms with E-state index in [2.05, 4.69) is 5.32 Å². The van der Waals surface area contributed by atoms with Gasteiger partial charge in [-0.2, -0.15) is 0 Å². The predicted molar refractivity (Wildman–Crippen MR) is 138 cm³/mol. The third-order valence-corrected chi connectivity index (χ3v) is 7.68. The van der Waals surface area contributed by atoms with E-state index in [1.807, 2.05) is 13.8 Å². The Balaban J connectivity index is 1.94. The number of sulfonamides is 1. The maximum absolute atomic E-state index is 14.5. The summed E-state index contributed by atoms with van der Waals surface area (Å²) < 4.78 is 52.7. The lowest BCUT2D eigenvalue weighted by Gasteiger charge is -2.32. The second-order valence-corrected chi connectivity index (χ2v) is 11.3. The molecular weight excluding hydrogens is 501 g/mol. The van der Waals surface area contributed by atoms with Crippen molar-refractivity contribution in [2.45, 2.75) is 40.3 Å². The van der Waals surface area contributed by atoms with E-state index in [4.69, 9.17) is 9.47 Å². The van der Waals surface area contributed by atoms with Crippen molar-refractivity contribution in [1.82, 2.24) is 10.2 Å². The zero-order valence-electron chi connectivity index (χ0n) is 21.6. The zero-order chi connectivity index (χ0) is 27.2. The third kappa shape index (κ3) is 7.12. The summed E-state index contributed by atoms with van der Waals surface area (Å²) in [5.74, 6) is -0.812. The van der Waals surface area contributed by atoms with Crippen LogP contribution >= 0.6 is 0 Å². The molecule has 1 unspecified atom stereocenters. The molecule has 2 aromatic rings. The summed E-state index contributed by atoms with van der Waals surface area (Å²) in [6.07, 6.45) is 0. The van der Waals surface area contributed by atoms with Gasteiger partial charge in [-0.15, -0.1) is 0 Å². The molecule has 0 bridgehead atoms. The number of carbonyl (C=O) groups excluding carboxylic acids is 2. The quantitative estimate of drug-likeness (QED) is 0.474. The van der Waals surface area contributed by atoms with Crippen LogP contribution in [0.4, 0.5) is 10.1 Å². The maximum Gasteiger partial charge on any atom is 0.244 e. The average Bonchev–Trinajstić information content (AvgIpc) is 2.88. The first-order chi connectivity index (χ1) is 17.5. The van der Waals surface area contributed by atoms with Crippen LogP contribution in [0, 0.1) is 11.7 Å². The smallest absolute Gasteiger partial charge is 0.244 e. The minimum atomic E-state index is -3.90. The van der Waals surface area contributed by atoms with Gasteiger partial charge in [0.1, 0.15) is 31.6 Å². The highest BCUT2D eigenvalue weighted by molar-refractivity contribution is 7.92. The van der Waals surface area contributed by atoms with E-state index in [1.165, 1.54) is 49.1 Å². The minimum absolute atomic E-state index is 0.187. The van der Waals surface area contributed by atoms with Crippen LogP contribution in [0.15, 0.2) is 42.5 Å². The van der Waals surface area contributed by atoms with Crippen molar-refractivity contribution in [1.29, 1.82) is 0 Å². The number of nitrogens with zero attached hydrogens (tertiary/aromatic N) is 2. The topological polar surface area (TPSA) is 105 Å². The lowest BCUT2D eigenvalue weighted by atomic mass is 10.1. The molecule has 0 spiro atoms. The highest BCUT2D eigenvalue weighted by Crippen LogP contribution is 2.35. The fourth-order valence-electron chi connectivity index (χ4n) is 3.75. The van der Waals surface area contributed by atoms with Crippen molar-refractivity contribution in [3.05, 3.63) is 53.8 Å². The van der Waals surface area contributed by atoms with Gasteiger partial charge in [-0.1, -0.05) is 32.0 Å². The number of hydrogen-bond donors (Lipinski definition) is 1. The first-order valence-electron chi connectivity index (χ1n) is 12.2. The number of anilines is 1. The fourth-order valence-corrected chi connectivity index (χ4v) is 4.81. The van der Waals surface area contributed by atoms with E-state index in [1.54, 1.807) is 12.1 Å². The van der Waals surface area contributed by atoms with E-state index in [0.29, 0.717) is 31.3 Å². The van der Waals surface area contributed by atoms with Gasteiger partial charge < -0.3 is 19.7 Å². The first-order valence-corrected chi connectivity index (χ1v) is 13.8. The SMILES string of the molecule is CCS(=O)(=O)N(CC(=O)N(Cc1ccccc1F)C(C)C(=O)NCC(C)C)c1ccc2c(c1)OCCO2. The summed E-state index contributed by atoms with van der Waals surface area (Å²) in [6, 6.07) is 9.61. The van der Waals surface area contributed by atoms with Gasteiger partial charge in [0, 0.05) is 24.7 Å². The Morgan fingerprint density at radius 3 is 2.38 bits per heavy atom. The Morgan fingerprint density at radius 2 is 1.73 bits per heavy atom. The molecule has 1 heterocycles. The van der Waals surface area contributed by atoms with Crippen LogP contribution in [-0.2, 0) is 26.2 Å². The molecule has 202 valence electrons. The van der Waals surface area contributed by atoms with Crippen molar-refractivity contribution < 1.29 is 31.9 Å². The molecular formula is C26H34FN3O6S. The second kappa shape index (κ2) is 12.3. The second-order valence-electron chi connectivity index (χ2n) is 9.16. The van der Waals surface area contributed by atoms with E-state index < -0.39 is 40.2 Å². The van der Waals surface area contributed by atoms with Gasteiger partial charge in [-0.25, -0.2) is 12.8 Å². The number of fused-ring (bicyclic) bond motifs is 1. The summed E-state index contributed by atoms with van der Waals surface area (Å²) in [6.45, 7) is 7.20. The number of nitrogens with one attached hydrogen (secondary N) is 1. The summed E-state index contributed by atoms with van der Waals surface area (Å²) in [5, 5.41) is 2.79. The van der Waals surface area contributed by atoms with Gasteiger partial charge in [0.05, 0.1) is 11.4 Å². The molecule has 2 aromatic carbocycles. The Bertz CT molecular complexity index is 1220. The van der Waals surface area contributed by atoms with Crippen LogP contribution in [0.2, 0.25) is 0 Å². The van der Waals surface area contributed by atoms with Gasteiger partial charge in [-0.05, 0) is 38.0 Å². The Kier molecular flexibility index (Phi) is 9.36. The number of carbonyl (C=O) groups is 2. The largest absolute Gasteiger partial charge is 0.486 e. The van der Waals surface area contributed by atoms with Gasteiger partial charge in [0.2, 0.25) is 21.8 Å². The van der Waals surface area contributed by atoms with Crippen LogP contribution in [0.5, 0.6) is 11.5 Å². The molecule has 0 saturated heterocycles. The molecule has 0 radical (unpaired) electrons. The molecule has 1 aliphatic heterocycles. The normalized spacial score (nSPS) is 13.7. The van der Waals surface area contributed by atoms with Crippen LogP contribution in [0.25, 0.3) is 0 Å². The van der Waals surface area contributed by atoms with Crippen LogP contribution in [-0.4, -0.2) is 63.2 Å². The highest BCUT2D eigenvalue weighted by atomic mass is 32.2. The number of amides is 2. The Morgan fingerprint density at radius 1 is 1.05 bits per heavy atom. The number of ether oxygens (including phenoxy) is 2. The third-order valence-electron chi connectivity index (χ3n) is 5.94. The van der Waals surface area contributed by atoms with Crippen molar-refractivity contribution in [3.8, 4) is 11.5 Å². The van der Waals surface area contributed by atoms with Crippen molar-refractivity contribution >= 4 is 27.5 Å². The minimum Gasteiger partial charge on any atom is -0.486 e. The van der Waals surface area contributed by atoms with Crippen LogP contribution < -0.4 is 19.1 Å². The molecule has 11 heteroatoms. The predicted octanol–water partition coefficient (Wildman–Crippen LogP) is 2.94. The van der Waals surface area contributed by atoms with Crippen molar-refractivity contribution in [2.75, 3.05) is 36.4 Å². The molecule has 0 aliphatic carbocycles. The van der Waals surface area contributed by atoms with Crippen LogP contribution in [0.3, 0.4) is 0 Å². The maximum atomic E-state index is 14.5. The lowest BCUT2D eigenvalue weighted by Crippen LogP contribution is -2.51. The highest BCUT2D eigenvalue weighted by Gasteiger charge is 2.32.